The third-order valence-corrected chi connectivity index (χ3v) is 3.56. The van der Waals surface area contributed by atoms with Crippen molar-refractivity contribution in [3.63, 3.8) is 0 Å². The van der Waals surface area contributed by atoms with E-state index in [1.54, 1.807) is 11.8 Å². The van der Waals surface area contributed by atoms with Crippen LogP contribution in [0.25, 0.3) is 0 Å². The first-order valence-electron chi connectivity index (χ1n) is 5.85. The summed E-state index contributed by atoms with van der Waals surface area (Å²) in [6.07, 6.45) is 2.69. The predicted molar refractivity (Wildman–Crippen MR) is 79.0 cm³/mol. The number of benzene rings is 1. The molecule has 0 bridgehead atoms. The molecule has 0 saturated heterocycles. The van der Waals surface area contributed by atoms with Gasteiger partial charge in [0.2, 0.25) is 5.91 Å². The first-order valence-corrected chi connectivity index (χ1v) is 7.62. The molecule has 5 heteroatoms. The number of nitrogens with two attached hydrogens (primary N) is 1. The van der Waals surface area contributed by atoms with E-state index in [0.29, 0.717) is 11.4 Å². The van der Waals surface area contributed by atoms with Gasteiger partial charge in [0.1, 0.15) is 0 Å². The van der Waals surface area contributed by atoms with Crippen LogP contribution in [0.3, 0.4) is 0 Å². The summed E-state index contributed by atoms with van der Waals surface area (Å²) < 4.78 is 0. The highest BCUT2D eigenvalue weighted by Gasteiger charge is 2.16. The topological polar surface area (TPSA) is 55.1 Å². The molecule has 0 aliphatic rings. The van der Waals surface area contributed by atoms with Gasteiger partial charge in [-0.15, -0.1) is 0 Å². The minimum atomic E-state index is -0.445. The molecular formula is C13H19ClN2OS. The molecule has 2 atom stereocenters. The van der Waals surface area contributed by atoms with Gasteiger partial charge in [-0.2, -0.15) is 11.8 Å². The summed E-state index contributed by atoms with van der Waals surface area (Å²) in [5, 5.41) is 3.57. The molecule has 0 saturated carbocycles. The molecule has 100 valence electrons. The first-order chi connectivity index (χ1) is 8.54. The Morgan fingerprint density at radius 1 is 1.56 bits per heavy atom. The van der Waals surface area contributed by atoms with E-state index in [1.807, 2.05) is 37.4 Å². The van der Waals surface area contributed by atoms with Crippen molar-refractivity contribution < 1.29 is 4.79 Å². The van der Waals surface area contributed by atoms with E-state index in [0.717, 1.165) is 11.3 Å². The van der Waals surface area contributed by atoms with Gasteiger partial charge >= 0.3 is 0 Å². The lowest BCUT2D eigenvalue weighted by molar-refractivity contribution is -0.123. The Hall–Kier alpha value is -0.710. The Balaban J connectivity index is 2.54. The van der Waals surface area contributed by atoms with E-state index < -0.39 is 6.04 Å². The lowest BCUT2D eigenvalue weighted by Gasteiger charge is -2.17. The quantitative estimate of drug-likeness (QED) is 0.845. The zero-order chi connectivity index (χ0) is 13.5. The van der Waals surface area contributed by atoms with Gasteiger partial charge in [-0.3, -0.25) is 4.79 Å². The van der Waals surface area contributed by atoms with Gasteiger partial charge in [0, 0.05) is 5.02 Å². The van der Waals surface area contributed by atoms with E-state index >= 15 is 0 Å². The number of carbonyl (C=O) groups is 1. The van der Waals surface area contributed by atoms with Crippen LogP contribution in [0.4, 0.5) is 0 Å². The summed E-state index contributed by atoms with van der Waals surface area (Å²) in [6.45, 7) is 1.92. The fraction of sp³-hybridized carbons (Fsp3) is 0.462. The Bertz CT molecular complexity index is 400. The van der Waals surface area contributed by atoms with Gasteiger partial charge in [0.05, 0.1) is 12.1 Å². The number of hydrogen-bond acceptors (Lipinski definition) is 3. The minimum absolute atomic E-state index is 0.0865. The second-order valence-corrected chi connectivity index (χ2v) is 5.60. The maximum Gasteiger partial charge on any atom is 0.237 e. The van der Waals surface area contributed by atoms with Crippen LogP contribution < -0.4 is 11.1 Å². The lowest BCUT2D eigenvalue weighted by atomic mass is 10.1. The van der Waals surface area contributed by atoms with Gasteiger partial charge in [-0.1, -0.05) is 23.7 Å². The summed E-state index contributed by atoms with van der Waals surface area (Å²) in [7, 11) is 0. The third-order valence-electron chi connectivity index (χ3n) is 2.68. The molecule has 0 spiro atoms. The molecule has 3 nitrogen and oxygen atoms in total. The molecule has 18 heavy (non-hydrogen) atoms. The summed E-state index contributed by atoms with van der Waals surface area (Å²) in [5.41, 5.74) is 6.79. The van der Waals surface area contributed by atoms with Gasteiger partial charge < -0.3 is 11.1 Å². The smallest absolute Gasteiger partial charge is 0.237 e. The first kappa shape index (κ1) is 15.3. The van der Waals surface area contributed by atoms with Gasteiger partial charge in [-0.05, 0) is 43.0 Å². The molecule has 1 aromatic carbocycles. The van der Waals surface area contributed by atoms with Crippen molar-refractivity contribution in [2.45, 2.75) is 25.4 Å². The molecular weight excluding hydrogens is 268 g/mol. The molecule has 0 unspecified atom stereocenters. The maximum atomic E-state index is 11.8. The van der Waals surface area contributed by atoms with Crippen molar-refractivity contribution in [3.05, 3.63) is 34.9 Å². The molecule has 0 heterocycles. The molecule has 0 aliphatic carbocycles. The monoisotopic (exact) mass is 286 g/mol. The average Bonchev–Trinajstić information content (AvgIpc) is 2.35. The molecule has 0 aromatic heterocycles. The van der Waals surface area contributed by atoms with Crippen LogP contribution in [0.5, 0.6) is 0 Å². The summed E-state index contributed by atoms with van der Waals surface area (Å²) in [6, 6.07) is 6.93. The maximum absolute atomic E-state index is 11.8. The Kier molecular flexibility index (Phi) is 6.54. The Labute approximate surface area is 117 Å². The van der Waals surface area contributed by atoms with Crippen LogP contribution in [0.2, 0.25) is 5.02 Å². The van der Waals surface area contributed by atoms with Crippen LogP contribution in [0.1, 0.15) is 24.9 Å². The predicted octanol–water partition coefficient (Wildman–Crippen LogP) is 2.60. The normalized spacial score (nSPS) is 14.0. The Morgan fingerprint density at radius 2 is 2.28 bits per heavy atom. The number of hydrogen-bond donors (Lipinski definition) is 2. The summed E-state index contributed by atoms with van der Waals surface area (Å²) >= 11 is 7.60. The largest absolute Gasteiger partial charge is 0.348 e. The van der Waals surface area contributed by atoms with Gasteiger partial charge in [-0.25, -0.2) is 0 Å². The number of thioether (sulfide) groups is 1. The van der Waals surface area contributed by atoms with Crippen LogP contribution in [-0.2, 0) is 4.79 Å². The fourth-order valence-corrected chi connectivity index (χ4v) is 2.24. The van der Waals surface area contributed by atoms with Crippen molar-refractivity contribution in [1.29, 1.82) is 0 Å². The van der Waals surface area contributed by atoms with Gasteiger partial charge in [0.25, 0.3) is 0 Å². The summed E-state index contributed by atoms with van der Waals surface area (Å²) in [5.74, 6) is 0.775. The number of amides is 1. The number of rotatable bonds is 6. The van der Waals surface area contributed by atoms with Crippen LogP contribution >= 0.6 is 23.4 Å². The second kappa shape index (κ2) is 7.67. The van der Waals surface area contributed by atoms with E-state index in [1.165, 1.54) is 0 Å². The van der Waals surface area contributed by atoms with Crippen molar-refractivity contribution in [2.24, 2.45) is 5.73 Å². The van der Waals surface area contributed by atoms with Crippen LogP contribution in [0, 0.1) is 0 Å². The number of carbonyl (C=O) groups excluding carboxylic acids is 1. The Morgan fingerprint density at radius 3 is 2.89 bits per heavy atom. The van der Waals surface area contributed by atoms with Crippen molar-refractivity contribution in [2.75, 3.05) is 12.0 Å². The van der Waals surface area contributed by atoms with E-state index in [2.05, 4.69) is 5.32 Å². The second-order valence-electron chi connectivity index (χ2n) is 4.17. The fourth-order valence-electron chi connectivity index (χ4n) is 1.56. The molecule has 0 radical (unpaired) electrons. The zero-order valence-corrected chi connectivity index (χ0v) is 12.2. The average molecular weight is 287 g/mol. The van der Waals surface area contributed by atoms with Crippen LogP contribution in [0.15, 0.2) is 24.3 Å². The molecule has 1 amide bonds. The van der Waals surface area contributed by atoms with E-state index in [4.69, 9.17) is 17.3 Å². The van der Waals surface area contributed by atoms with Crippen LogP contribution in [-0.4, -0.2) is 24.0 Å². The molecule has 1 aromatic rings. The molecule has 1 rings (SSSR count). The van der Waals surface area contributed by atoms with Gasteiger partial charge in [0.15, 0.2) is 0 Å². The minimum Gasteiger partial charge on any atom is -0.348 e. The van der Waals surface area contributed by atoms with E-state index in [-0.39, 0.29) is 11.9 Å². The van der Waals surface area contributed by atoms with Crippen molar-refractivity contribution in [3.8, 4) is 0 Å². The SMILES string of the molecule is CSCC[C@H](N)C(=O)N[C@H](C)c1cccc(Cl)c1. The van der Waals surface area contributed by atoms with E-state index in [9.17, 15) is 4.79 Å². The standard InChI is InChI=1S/C13H19ClN2OS/c1-9(10-4-3-5-11(14)8-10)16-13(17)12(15)6-7-18-2/h3-5,8-9,12H,6-7,15H2,1-2H3,(H,16,17)/t9-,12+/m1/s1. The molecule has 0 aliphatic heterocycles. The highest BCUT2D eigenvalue weighted by molar-refractivity contribution is 7.98. The molecule has 0 fully saturated rings. The molecule has 3 N–H and O–H groups in total. The lowest BCUT2D eigenvalue weighted by Crippen LogP contribution is -2.41. The third kappa shape index (κ3) is 4.88. The zero-order valence-electron chi connectivity index (χ0n) is 10.7. The highest BCUT2D eigenvalue weighted by atomic mass is 35.5. The number of halogens is 1. The summed E-state index contributed by atoms with van der Waals surface area (Å²) in [4.78, 5) is 11.8. The number of nitrogens with one attached hydrogen (secondary N) is 1. The van der Waals surface area contributed by atoms with Crippen molar-refractivity contribution in [1.82, 2.24) is 5.32 Å². The van der Waals surface area contributed by atoms with Crippen molar-refractivity contribution >= 4 is 29.3 Å². The highest BCUT2D eigenvalue weighted by Crippen LogP contribution is 2.17.